The molecule has 1 aliphatic rings. The van der Waals surface area contributed by atoms with Gasteiger partial charge in [0.2, 0.25) is 0 Å². The van der Waals surface area contributed by atoms with Crippen molar-refractivity contribution in [3.8, 4) is 0 Å². The van der Waals surface area contributed by atoms with Gasteiger partial charge in [0.1, 0.15) is 6.61 Å². The molecule has 1 N–H and O–H groups in total. The summed E-state index contributed by atoms with van der Waals surface area (Å²) in [6.45, 7) is 2.95. The van der Waals surface area contributed by atoms with Gasteiger partial charge in [0, 0.05) is 11.8 Å². The van der Waals surface area contributed by atoms with E-state index < -0.39 is 0 Å². The number of hydrogen-bond donors (Lipinski definition) is 1. The average molecular weight is 317 g/mol. The van der Waals surface area contributed by atoms with E-state index in [4.69, 9.17) is 0 Å². The van der Waals surface area contributed by atoms with Gasteiger partial charge in [-0.25, -0.2) is 0 Å². The number of aryl methyl sites for hydroxylation is 1. The second-order valence-electron chi connectivity index (χ2n) is 5.76. The molecule has 0 aliphatic heterocycles. The molecule has 0 saturated carbocycles. The van der Waals surface area contributed by atoms with Crippen LogP contribution in [0.4, 0.5) is 0 Å². The molecule has 3 rings (SSSR count). The summed E-state index contributed by atoms with van der Waals surface area (Å²) in [5.41, 5.74) is 2.92. The molecule has 0 spiro atoms. The van der Waals surface area contributed by atoms with Crippen molar-refractivity contribution in [1.82, 2.24) is 14.8 Å². The van der Waals surface area contributed by atoms with Gasteiger partial charge in [-0.3, -0.25) is 0 Å². The van der Waals surface area contributed by atoms with Crippen LogP contribution in [0.15, 0.2) is 29.4 Å². The number of nitrogens with zero attached hydrogens (tertiary/aromatic N) is 3. The predicted octanol–water partition coefficient (Wildman–Crippen LogP) is 3.74. The molecule has 22 heavy (non-hydrogen) atoms. The second-order valence-corrected chi connectivity index (χ2v) is 6.93. The zero-order valence-electron chi connectivity index (χ0n) is 13.0. The summed E-state index contributed by atoms with van der Waals surface area (Å²) < 4.78 is 2.07. The van der Waals surface area contributed by atoms with E-state index >= 15 is 0 Å². The van der Waals surface area contributed by atoms with Gasteiger partial charge in [-0.1, -0.05) is 49.4 Å². The summed E-state index contributed by atoms with van der Waals surface area (Å²) in [5, 5.41) is 19.3. The summed E-state index contributed by atoms with van der Waals surface area (Å²) in [6, 6.07) is 8.78. The molecule has 1 atom stereocenters. The number of benzene rings is 1. The van der Waals surface area contributed by atoms with Gasteiger partial charge in [0.15, 0.2) is 11.0 Å². The molecule has 0 bridgehead atoms. The largest absolute Gasteiger partial charge is 0.388 e. The molecular formula is C17H23N3OS. The van der Waals surface area contributed by atoms with Crippen LogP contribution < -0.4 is 0 Å². The fourth-order valence-electron chi connectivity index (χ4n) is 3.10. The summed E-state index contributed by atoms with van der Waals surface area (Å²) in [4.78, 5) is 0. The lowest BCUT2D eigenvalue weighted by atomic mass is 10.0. The highest BCUT2D eigenvalue weighted by Gasteiger charge is 2.22. The van der Waals surface area contributed by atoms with Gasteiger partial charge in [-0.2, -0.15) is 0 Å². The highest BCUT2D eigenvalue weighted by molar-refractivity contribution is 7.99. The maximum atomic E-state index is 9.43. The van der Waals surface area contributed by atoms with Crippen molar-refractivity contribution >= 4 is 11.8 Å². The maximum absolute atomic E-state index is 9.43. The molecule has 1 heterocycles. The Balaban J connectivity index is 1.88. The molecule has 0 amide bonds. The maximum Gasteiger partial charge on any atom is 0.191 e. The van der Waals surface area contributed by atoms with Crippen LogP contribution in [0, 0.1) is 0 Å². The predicted molar refractivity (Wildman–Crippen MR) is 88.8 cm³/mol. The fraction of sp³-hybridized carbons (Fsp3) is 0.529. The van der Waals surface area contributed by atoms with E-state index in [1.165, 1.54) is 36.8 Å². The van der Waals surface area contributed by atoms with Crippen molar-refractivity contribution in [2.75, 3.05) is 0 Å². The molecule has 2 aromatic rings. The zero-order chi connectivity index (χ0) is 15.4. The zero-order valence-corrected chi connectivity index (χ0v) is 13.9. The molecule has 1 aromatic carbocycles. The molecule has 0 saturated heterocycles. The number of aliphatic hydroxyl groups is 1. The highest BCUT2D eigenvalue weighted by Crippen LogP contribution is 2.42. The van der Waals surface area contributed by atoms with Crippen LogP contribution in [-0.2, 0) is 19.6 Å². The Morgan fingerprint density at radius 1 is 1.27 bits per heavy atom. The molecule has 4 nitrogen and oxygen atoms in total. The topological polar surface area (TPSA) is 50.9 Å². The number of aromatic nitrogens is 3. The van der Waals surface area contributed by atoms with Gasteiger partial charge in [-0.15, -0.1) is 10.2 Å². The average Bonchev–Trinajstić information content (AvgIpc) is 2.80. The van der Waals surface area contributed by atoms with Gasteiger partial charge >= 0.3 is 0 Å². The van der Waals surface area contributed by atoms with Gasteiger partial charge < -0.3 is 9.67 Å². The van der Waals surface area contributed by atoms with Crippen LogP contribution >= 0.6 is 11.8 Å². The first-order chi connectivity index (χ1) is 10.8. The molecule has 0 unspecified atom stereocenters. The van der Waals surface area contributed by atoms with Crippen molar-refractivity contribution in [1.29, 1.82) is 0 Å². The van der Waals surface area contributed by atoms with E-state index in [9.17, 15) is 5.11 Å². The van der Waals surface area contributed by atoms with Crippen LogP contribution in [-0.4, -0.2) is 19.9 Å². The quantitative estimate of drug-likeness (QED) is 0.854. The smallest absolute Gasteiger partial charge is 0.191 e. The number of hydrogen-bond acceptors (Lipinski definition) is 4. The van der Waals surface area contributed by atoms with E-state index in [0.29, 0.717) is 11.1 Å². The third-order valence-corrected chi connectivity index (χ3v) is 5.48. The third kappa shape index (κ3) is 3.20. The van der Waals surface area contributed by atoms with Crippen LogP contribution in [0.5, 0.6) is 0 Å². The van der Waals surface area contributed by atoms with Crippen molar-refractivity contribution < 1.29 is 5.11 Å². The van der Waals surface area contributed by atoms with E-state index in [1.807, 2.05) is 0 Å². The van der Waals surface area contributed by atoms with Gasteiger partial charge in [0.05, 0.1) is 0 Å². The van der Waals surface area contributed by atoms with E-state index in [0.717, 1.165) is 18.1 Å². The Labute approximate surface area is 136 Å². The first-order valence-electron chi connectivity index (χ1n) is 8.11. The lowest BCUT2D eigenvalue weighted by molar-refractivity contribution is 0.263. The van der Waals surface area contributed by atoms with Crippen LogP contribution in [0.25, 0.3) is 0 Å². The summed E-state index contributed by atoms with van der Waals surface area (Å²) >= 11 is 1.80. The first kappa shape index (κ1) is 15.6. The molecule has 5 heteroatoms. The molecule has 0 fully saturated rings. The summed E-state index contributed by atoms with van der Waals surface area (Å²) in [7, 11) is 0. The van der Waals surface area contributed by atoms with E-state index in [1.54, 1.807) is 11.8 Å². The van der Waals surface area contributed by atoms with Crippen molar-refractivity contribution in [3.05, 3.63) is 41.2 Å². The SMILES string of the molecule is CCCn1c(CO)nnc1S[C@@H]1CCCCc2ccccc21. The van der Waals surface area contributed by atoms with E-state index in [-0.39, 0.29) is 6.61 Å². The van der Waals surface area contributed by atoms with Crippen LogP contribution in [0.3, 0.4) is 0 Å². The lowest BCUT2D eigenvalue weighted by Crippen LogP contribution is -2.06. The lowest BCUT2D eigenvalue weighted by Gasteiger charge is -2.17. The van der Waals surface area contributed by atoms with Crippen molar-refractivity contribution in [3.63, 3.8) is 0 Å². The number of aliphatic hydroxyl groups excluding tert-OH is 1. The Kier molecular flexibility index (Phi) is 5.16. The van der Waals surface area contributed by atoms with E-state index in [2.05, 4.69) is 46.0 Å². The minimum Gasteiger partial charge on any atom is -0.388 e. The van der Waals surface area contributed by atoms with Crippen LogP contribution in [0.1, 0.15) is 54.8 Å². The monoisotopic (exact) mass is 317 g/mol. The number of thioether (sulfide) groups is 1. The Bertz CT molecular complexity index is 626. The van der Waals surface area contributed by atoms with Crippen molar-refractivity contribution in [2.24, 2.45) is 0 Å². The van der Waals surface area contributed by atoms with Crippen molar-refractivity contribution in [2.45, 2.75) is 62.6 Å². The first-order valence-corrected chi connectivity index (χ1v) is 8.98. The molecule has 118 valence electrons. The Morgan fingerprint density at radius 2 is 2.14 bits per heavy atom. The second kappa shape index (κ2) is 7.29. The highest BCUT2D eigenvalue weighted by atomic mass is 32.2. The molecule has 0 radical (unpaired) electrons. The van der Waals surface area contributed by atoms with Gasteiger partial charge in [0.25, 0.3) is 0 Å². The minimum absolute atomic E-state index is 0.0468. The molecular weight excluding hydrogens is 294 g/mol. The summed E-state index contributed by atoms with van der Waals surface area (Å²) in [5.74, 6) is 0.672. The standard InChI is InChI=1S/C17H23N3OS/c1-2-11-20-16(12-21)18-19-17(20)22-15-10-6-4-8-13-7-3-5-9-14(13)15/h3,5,7,9,15,21H,2,4,6,8,10-12H2,1H3/t15-/m1/s1. The number of rotatable bonds is 5. The molecule has 1 aromatic heterocycles. The van der Waals surface area contributed by atoms with Gasteiger partial charge in [-0.05, 0) is 36.8 Å². The normalized spacial score (nSPS) is 18.0. The van der Waals surface area contributed by atoms with Crippen LogP contribution in [0.2, 0.25) is 0 Å². The number of fused-ring (bicyclic) bond motifs is 1. The third-order valence-electron chi connectivity index (χ3n) is 4.19. The summed E-state index contributed by atoms with van der Waals surface area (Å²) in [6.07, 6.45) is 5.88. The molecule has 1 aliphatic carbocycles. The fourth-order valence-corrected chi connectivity index (χ4v) is 4.41. The minimum atomic E-state index is -0.0468. The Hall–Kier alpha value is -1.33. The Morgan fingerprint density at radius 3 is 2.95 bits per heavy atom.